The second kappa shape index (κ2) is 5.48. The van der Waals surface area contributed by atoms with Gasteiger partial charge in [-0.25, -0.2) is 4.98 Å². The summed E-state index contributed by atoms with van der Waals surface area (Å²) >= 11 is 3.25. The number of rotatable bonds is 5. The Labute approximate surface area is 104 Å². The zero-order valence-corrected chi connectivity index (χ0v) is 11.5. The van der Waals surface area contributed by atoms with E-state index in [1.807, 2.05) is 0 Å². The van der Waals surface area contributed by atoms with Crippen molar-refractivity contribution in [3.05, 3.63) is 21.2 Å². The molecule has 0 radical (unpaired) electrons. The maximum atomic E-state index is 11.4. The maximum Gasteiger partial charge on any atom is 0.267 e. The van der Waals surface area contributed by atoms with E-state index in [1.54, 1.807) is 0 Å². The fraction of sp³-hybridized carbons (Fsp3) is 0.636. The lowest BCUT2D eigenvalue weighted by Crippen LogP contribution is -2.37. The van der Waals surface area contributed by atoms with Crippen molar-refractivity contribution in [2.45, 2.75) is 45.6 Å². The van der Waals surface area contributed by atoms with Crippen LogP contribution < -0.4 is 10.9 Å². The number of aromatic amines is 1. The van der Waals surface area contributed by atoms with Crippen molar-refractivity contribution < 1.29 is 0 Å². The van der Waals surface area contributed by atoms with E-state index in [0.717, 1.165) is 19.3 Å². The van der Waals surface area contributed by atoms with E-state index in [2.05, 4.69) is 52.0 Å². The summed E-state index contributed by atoms with van der Waals surface area (Å²) in [5.74, 6) is 0.620. The van der Waals surface area contributed by atoms with Crippen molar-refractivity contribution in [2.24, 2.45) is 0 Å². The molecule has 0 atom stereocenters. The van der Waals surface area contributed by atoms with Gasteiger partial charge in [-0.1, -0.05) is 20.8 Å². The fourth-order valence-electron chi connectivity index (χ4n) is 1.74. The van der Waals surface area contributed by atoms with Crippen LogP contribution in [0.1, 0.15) is 40.0 Å². The lowest BCUT2D eigenvalue weighted by Gasteiger charge is -2.32. The molecule has 0 aliphatic heterocycles. The van der Waals surface area contributed by atoms with Gasteiger partial charge in [0.25, 0.3) is 5.56 Å². The second-order valence-corrected chi connectivity index (χ2v) is 4.65. The molecule has 1 heterocycles. The molecule has 0 saturated carbocycles. The minimum atomic E-state index is -0.158. The molecule has 0 spiro atoms. The highest BCUT2D eigenvalue weighted by molar-refractivity contribution is 9.10. The van der Waals surface area contributed by atoms with Crippen LogP contribution in [-0.2, 0) is 0 Å². The van der Waals surface area contributed by atoms with E-state index in [1.165, 1.54) is 6.33 Å². The van der Waals surface area contributed by atoms with Crippen molar-refractivity contribution in [3.8, 4) is 0 Å². The molecule has 0 aromatic carbocycles. The van der Waals surface area contributed by atoms with Crippen LogP contribution in [0.4, 0.5) is 5.82 Å². The van der Waals surface area contributed by atoms with Crippen LogP contribution in [0.3, 0.4) is 0 Å². The van der Waals surface area contributed by atoms with E-state index in [9.17, 15) is 4.79 Å². The van der Waals surface area contributed by atoms with Crippen LogP contribution in [0.2, 0.25) is 0 Å². The van der Waals surface area contributed by atoms with Gasteiger partial charge >= 0.3 is 0 Å². The van der Waals surface area contributed by atoms with E-state index in [-0.39, 0.29) is 11.1 Å². The summed E-state index contributed by atoms with van der Waals surface area (Å²) in [7, 11) is 0. The van der Waals surface area contributed by atoms with E-state index >= 15 is 0 Å². The van der Waals surface area contributed by atoms with Gasteiger partial charge in [-0.3, -0.25) is 4.79 Å². The smallest absolute Gasteiger partial charge is 0.267 e. The summed E-state index contributed by atoms with van der Waals surface area (Å²) in [6.45, 7) is 6.42. The van der Waals surface area contributed by atoms with Crippen LogP contribution in [0, 0.1) is 0 Å². The Kier molecular flexibility index (Phi) is 4.53. The average Bonchev–Trinajstić information content (AvgIpc) is 2.32. The first-order valence-corrected chi connectivity index (χ1v) is 6.39. The second-order valence-electron chi connectivity index (χ2n) is 3.86. The SMILES string of the molecule is CCC(CC)(CC)Nc1nc[nH]c(=O)c1Br. The lowest BCUT2D eigenvalue weighted by atomic mass is 9.90. The first kappa shape index (κ1) is 13.2. The average molecular weight is 288 g/mol. The van der Waals surface area contributed by atoms with Crippen LogP contribution in [0.5, 0.6) is 0 Å². The van der Waals surface area contributed by atoms with E-state index < -0.39 is 0 Å². The highest BCUT2D eigenvalue weighted by Crippen LogP contribution is 2.26. The summed E-state index contributed by atoms with van der Waals surface area (Å²) in [5.41, 5.74) is -0.141. The number of H-pyrrole nitrogens is 1. The molecule has 2 N–H and O–H groups in total. The normalized spacial score (nSPS) is 11.5. The number of nitrogens with zero attached hydrogens (tertiary/aromatic N) is 1. The van der Waals surface area contributed by atoms with Crippen molar-refractivity contribution in [1.82, 2.24) is 9.97 Å². The van der Waals surface area contributed by atoms with Gasteiger partial charge in [0.05, 0.1) is 6.33 Å². The fourth-order valence-corrected chi connectivity index (χ4v) is 2.05. The highest BCUT2D eigenvalue weighted by Gasteiger charge is 2.25. The van der Waals surface area contributed by atoms with Crippen LogP contribution in [0.25, 0.3) is 0 Å². The Hall–Kier alpha value is -0.840. The summed E-state index contributed by atoms with van der Waals surface area (Å²) in [5, 5.41) is 3.37. The topological polar surface area (TPSA) is 57.8 Å². The molecule has 1 aromatic heterocycles. The summed E-state index contributed by atoms with van der Waals surface area (Å²) < 4.78 is 0.467. The van der Waals surface area contributed by atoms with E-state index in [0.29, 0.717) is 10.3 Å². The van der Waals surface area contributed by atoms with Gasteiger partial charge in [-0.05, 0) is 35.2 Å². The molecular formula is C11H18BrN3O. The van der Waals surface area contributed by atoms with Gasteiger partial charge in [0.2, 0.25) is 0 Å². The first-order chi connectivity index (χ1) is 7.58. The minimum absolute atomic E-state index is 0.0172. The first-order valence-electron chi connectivity index (χ1n) is 5.60. The summed E-state index contributed by atoms with van der Waals surface area (Å²) in [4.78, 5) is 18.1. The zero-order chi connectivity index (χ0) is 12.2. The largest absolute Gasteiger partial charge is 0.364 e. The predicted molar refractivity (Wildman–Crippen MR) is 69.8 cm³/mol. The molecule has 0 unspecified atom stereocenters. The molecule has 0 saturated heterocycles. The molecule has 0 amide bonds. The quantitative estimate of drug-likeness (QED) is 0.876. The van der Waals surface area contributed by atoms with Gasteiger partial charge in [0.1, 0.15) is 10.3 Å². The molecule has 0 aliphatic rings. The van der Waals surface area contributed by atoms with Crippen molar-refractivity contribution in [2.75, 3.05) is 5.32 Å². The molecule has 90 valence electrons. The summed E-state index contributed by atoms with van der Waals surface area (Å²) in [6, 6.07) is 0. The lowest BCUT2D eigenvalue weighted by molar-refractivity contribution is 0.418. The Morgan fingerprint density at radius 3 is 2.44 bits per heavy atom. The van der Waals surface area contributed by atoms with Crippen LogP contribution in [0.15, 0.2) is 15.6 Å². The number of halogens is 1. The van der Waals surface area contributed by atoms with Crippen LogP contribution >= 0.6 is 15.9 Å². The Morgan fingerprint density at radius 2 is 1.94 bits per heavy atom. The maximum absolute atomic E-state index is 11.4. The molecule has 0 aliphatic carbocycles. The van der Waals surface area contributed by atoms with Gasteiger partial charge in [-0.2, -0.15) is 0 Å². The van der Waals surface area contributed by atoms with Gasteiger partial charge in [0, 0.05) is 5.54 Å². The van der Waals surface area contributed by atoms with Crippen molar-refractivity contribution >= 4 is 21.7 Å². The monoisotopic (exact) mass is 287 g/mol. The molecule has 4 nitrogen and oxygen atoms in total. The predicted octanol–water partition coefficient (Wildman–Crippen LogP) is 2.91. The van der Waals surface area contributed by atoms with Gasteiger partial charge < -0.3 is 10.3 Å². The molecule has 16 heavy (non-hydrogen) atoms. The van der Waals surface area contributed by atoms with Gasteiger partial charge in [-0.15, -0.1) is 0 Å². The molecule has 5 heteroatoms. The number of aromatic nitrogens is 2. The minimum Gasteiger partial charge on any atom is -0.364 e. The Bertz CT molecular complexity index is 390. The third-order valence-corrected chi connectivity index (χ3v) is 3.95. The zero-order valence-electron chi connectivity index (χ0n) is 9.93. The summed E-state index contributed by atoms with van der Waals surface area (Å²) in [6.07, 6.45) is 4.42. The molecule has 1 rings (SSSR count). The Morgan fingerprint density at radius 1 is 1.38 bits per heavy atom. The molecule has 0 bridgehead atoms. The third kappa shape index (κ3) is 2.64. The standard InChI is InChI=1S/C11H18BrN3O/c1-4-11(5-2,6-3)15-9-8(12)10(16)14-7-13-9/h7H,4-6H2,1-3H3,(H2,13,14,15,16). The van der Waals surface area contributed by atoms with Gasteiger partial charge in [0.15, 0.2) is 0 Å². The number of hydrogen-bond acceptors (Lipinski definition) is 3. The van der Waals surface area contributed by atoms with E-state index in [4.69, 9.17) is 0 Å². The van der Waals surface area contributed by atoms with Crippen LogP contribution in [-0.4, -0.2) is 15.5 Å². The molecule has 0 fully saturated rings. The third-order valence-electron chi connectivity index (χ3n) is 3.21. The van der Waals surface area contributed by atoms with Crippen molar-refractivity contribution in [3.63, 3.8) is 0 Å². The number of nitrogens with one attached hydrogen (secondary N) is 2. The Balaban J connectivity index is 3.03. The number of anilines is 1. The number of hydrogen-bond donors (Lipinski definition) is 2. The molecule has 1 aromatic rings. The highest BCUT2D eigenvalue weighted by atomic mass is 79.9. The van der Waals surface area contributed by atoms with Crippen molar-refractivity contribution in [1.29, 1.82) is 0 Å². The molecular weight excluding hydrogens is 270 g/mol.